The monoisotopic (exact) mass is 228 g/mol. The first-order valence-electron chi connectivity index (χ1n) is 6.70. The van der Waals surface area contributed by atoms with Crippen molar-refractivity contribution in [3.8, 4) is 0 Å². The Morgan fingerprint density at radius 2 is 2.06 bits per heavy atom. The van der Waals surface area contributed by atoms with Gasteiger partial charge in [0.25, 0.3) is 0 Å². The summed E-state index contributed by atoms with van der Waals surface area (Å²) in [6, 6.07) is 0. The molecule has 1 unspecified atom stereocenters. The van der Waals surface area contributed by atoms with Crippen molar-refractivity contribution in [3.63, 3.8) is 0 Å². The highest BCUT2D eigenvalue weighted by Gasteiger charge is 2.13. The van der Waals surface area contributed by atoms with E-state index in [-0.39, 0.29) is 0 Å². The fraction of sp³-hybridized carbons (Fsp3) is 1.00. The van der Waals surface area contributed by atoms with Gasteiger partial charge in [0.2, 0.25) is 0 Å². The zero-order chi connectivity index (χ0) is 11.6. The molecule has 1 rings (SSSR count). The maximum absolute atomic E-state index is 5.66. The highest BCUT2D eigenvalue weighted by Crippen LogP contribution is 2.08. The first kappa shape index (κ1) is 13.9. The summed E-state index contributed by atoms with van der Waals surface area (Å²) in [4.78, 5) is 2.50. The van der Waals surface area contributed by atoms with E-state index < -0.39 is 0 Å². The maximum atomic E-state index is 5.66. The van der Waals surface area contributed by atoms with Crippen LogP contribution in [0.2, 0.25) is 0 Å². The first-order chi connectivity index (χ1) is 7.86. The van der Waals surface area contributed by atoms with Crippen molar-refractivity contribution in [2.45, 2.75) is 19.8 Å². The predicted molar refractivity (Wildman–Crippen MR) is 69.6 cm³/mol. The second-order valence-corrected chi connectivity index (χ2v) is 4.70. The van der Waals surface area contributed by atoms with Gasteiger partial charge in [-0.2, -0.15) is 0 Å². The summed E-state index contributed by atoms with van der Waals surface area (Å²) in [6.07, 6.45) is 2.60. The minimum atomic E-state index is 0.770. The van der Waals surface area contributed by atoms with Gasteiger partial charge in [-0.05, 0) is 18.9 Å². The van der Waals surface area contributed by atoms with Gasteiger partial charge in [0, 0.05) is 45.8 Å². The van der Waals surface area contributed by atoms with Crippen LogP contribution in [-0.2, 0) is 0 Å². The SMILES string of the molecule is CCCC1CNCCNCCN(CCN)C1. The topological polar surface area (TPSA) is 53.3 Å². The fourth-order valence-corrected chi connectivity index (χ4v) is 2.35. The Labute approximate surface area is 99.9 Å². The molecule has 0 radical (unpaired) electrons. The average molecular weight is 228 g/mol. The molecule has 1 atom stereocenters. The summed E-state index contributed by atoms with van der Waals surface area (Å²) in [7, 11) is 0. The molecule has 1 saturated heterocycles. The molecule has 0 aromatic rings. The van der Waals surface area contributed by atoms with Crippen LogP contribution in [0, 0.1) is 5.92 Å². The fourth-order valence-electron chi connectivity index (χ4n) is 2.35. The molecule has 0 aliphatic carbocycles. The van der Waals surface area contributed by atoms with Crippen molar-refractivity contribution in [1.29, 1.82) is 0 Å². The van der Waals surface area contributed by atoms with E-state index in [1.165, 1.54) is 19.4 Å². The second-order valence-electron chi connectivity index (χ2n) is 4.70. The number of nitrogens with two attached hydrogens (primary N) is 1. The summed E-state index contributed by atoms with van der Waals surface area (Å²) in [6.45, 7) is 10.8. The third-order valence-electron chi connectivity index (χ3n) is 3.18. The Morgan fingerprint density at radius 3 is 2.81 bits per heavy atom. The van der Waals surface area contributed by atoms with Gasteiger partial charge in [-0.1, -0.05) is 13.3 Å². The minimum absolute atomic E-state index is 0.770. The van der Waals surface area contributed by atoms with Crippen molar-refractivity contribution in [2.75, 3.05) is 52.4 Å². The van der Waals surface area contributed by atoms with Crippen LogP contribution in [0.25, 0.3) is 0 Å². The van der Waals surface area contributed by atoms with E-state index in [2.05, 4.69) is 22.5 Å². The summed E-state index contributed by atoms with van der Waals surface area (Å²) in [5.74, 6) is 0.787. The molecule has 4 nitrogen and oxygen atoms in total. The molecule has 0 spiro atoms. The van der Waals surface area contributed by atoms with E-state index in [0.717, 1.165) is 51.7 Å². The highest BCUT2D eigenvalue weighted by molar-refractivity contribution is 4.71. The zero-order valence-corrected chi connectivity index (χ0v) is 10.7. The Hall–Kier alpha value is -0.160. The largest absolute Gasteiger partial charge is 0.329 e. The molecule has 0 amide bonds. The van der Waals surface area contributed by atoms with Crippen LogP contribution in [0.5, 0.6) is 0 Å². The Kier molecular flexibility index (Phi) is 7.76. The van der Waals surface area contributed by atoms with Gasteiger partial charge in [0.05, 0.1) is 0 Å². The van der Waals surface area contributed by atoms with E-state index in [9.17, 15) is 0 Å². The predicted octanol–water partition coefficient (Wildman–Crippen LogP) is -0.144. The molecule has 1 aliphatic rings. The van der Waals surface area contributed by atoms with Crippen LogP contribution in [-0.4, -0.2) is 57.3 Å². The summed E-state index contributed by atoms with van der Waals surface area (Å²) >= 11 is 0. The van der Waals surface area contributed by atoms with Crippen LogP contribution >= 0.6 is 0 Å². The average Bonchev–Trinajstić information content (AvgIpc) is 2.28. The van der Waals surface area contributed by atoms with Crippen LogP contribution in [0.1, 0.15) is 19.8 Å². The summed E-state index contributed by atoms with van der Waals surface area (Å²) in [5, 5.41) is 6.98. The molecule has 0 aromatic heterocycles. The lowest BCUT2D eigenvalue weighted by molar-refractivity contribution is 0.220. The van der Waals surface area contributed by atoms with Gasteiger partial charge < -0.3 is 21.3 Å². The Bertz CT molecular complexity index is 147. The molecule has 4 N–H and O–H groups in total. The number of rotatable bonds is 4. The molecule has 1 heterocycles. The Morgan fingerprint density at radius 1 is 1.25 bits per heavy atom. The van der Waals surface area contributed by atoms with Crippen LogP contribution in [0.3, 0.4) is 0 Å². The Balaban J connectivity index is 2.40. The quantitative estimate of drug-likeness (QED) is 0.627. The van der Waals surface area contributed by atoms with E-state index in [0.29, 0.717) is 0 Å². The van der Waals surface area contributed by atoms with Crippen molar-refractivity contribution in [3.05, 3.63) is 0 Å². The first-order valence-corrected chi connectivity index (χ1v) is 6.70. The smallest absolute Gasteiger partial charge is 0.0107 e. The van der Waals surface area contributed by atoms with Crippen molar-refractivity contribution in [1.82, 2.24) is 15.5 Å². The third-order valence-corrected chi connectivity index (χ3v) is 3.18. The van der Waals surface area contributed by atoms with Crippen LogP contribution < -0.4 is 16.4 Å². The number of nitrogens with zero attached hydrogens (tertiary/aromatic N) is 1. The molecule has 96 valence electrons. The molecular weight excluding hydrogens is 200 g/mol. The zero-order valence-electron chi connectivity index (χ0n) is 10.7. The number of hydrogen-bond acceptors (Lipinski definition) is 4. The molecular formula is C12H28N4. The van der Waals surface area contributed by atoms with Gasteiger partial charge in [-0.15, -0.1) is 0 Å². The van der Waals surface area contributed by atoms with Gasteiger partial charge in [-0.25, -0.2) is 0 Å². The molecule has 16 heavy (non-hydrogen) atoms. The van der Waals surface area contributed by atoms with E-state index in [1.807, 2.05) is 0 Å². The minimum Gasteiger partial charge on any atom is -0.329 e. The lowest BCUT2D eigenvalue weighted by atomic mass is 10.0. The normalized spacial score (nSPS) is 25.5. The van der Waals surface area contributed by atoms with Crippen molar-refractivity contribution >= 4 is 0 Å². The molecule has 0 bridgehead atoms. The summed E-state index contributed by atoms with van der Waals surface area (Å²) < 4.78 is 0. The number of hydrogen-bond donors (Lipinski definition) is 3. The second kappa shape index (κ2) is 8.93. The van der Waals surface area contributed by atoms with Crippen LogP contribution in [0.4, 0.5) is 0 Å². The molecule has 4 heteroatoms. The lowest BCUT2D eigenvalue weighted by Crippen LogP contribution is -2.44. The van der Waals surface area contributed by atoms with Gasteiger partial charge >= 0.3 is 0 Å². The van der Waals surface area contributed by atoms with Crippen LogP contribution in [0.15, 0.2) is 0 Å². The number of nitrogens with one attached hydrogen (secondary N) is 2. The molecule has 1 aliphatic heterocycles. The summed E-state index contributed by atoms with van der Waals surface area (Å²) in [5.41, 5.74) is 5.66. The van der Waals surface area contributed by atoms with E-state index in [4.69, 9.17) is 5.73 Å². The third kappa shape index (κ3) is 5.80. The highest BCUT2D eigenvalue weighted by atomic mass is 15.2. The molecule has 0 saturated carbocycles. The standard InChI is InChI=1S/C12H28N4/c1-2-3-12-10-15-6-5-14-7-9-16(11-12)8-4-13/h12,14-15H,2-11,13H2,1H3. The van der Waals surface area contributed by atoms with E-state index >= 15 is 0 Å². The van der Waals surface area contributed by atoms with E-state index in [1.54, 1.807) is 0 Å². The molecule has 1 fully saturated rings. The van der Waals surface area contributed by atoms with Gasteiger partial charge in [0.15, 0.2) is 0 Å². The van der Waals surface area contributed by atoms with Gasteiger partial charge in [-0.3, -0.25) is 0 Å². The van der Waals surface area contributed by atoms with Gasteiger partial charge in [0.1, 0.15) is 0 Å². The lowest BCUT2D eigenvalue weighted by Gasteiger charge is -2.28. The maximum Gasteiger partial charge on any atom is 0.0107 e. The van der Waals surface area contributed by atoms with Crippen molar-refractivity contribution in [2.24, 2.45) is 11.7 Å². The molecule has 0 aromatic carbocycles. The van der Waals surface area contributed by atoms with Crippen molar-refractivity contribution < 1.29 is 0 Å².